The molecule has 0 bridgehead atoms. The Morgan fingerprint density at radius 1 is 1.15 bits per heavy atom. The van der Waals surface area contributed by atoms with Crippen LogP contribution in [-0.4, -0.2) is 47.9 Å². The van der Waals surface area contributed by atoms with Crippen molar-refractivity contribution in [2.45, 2.75) is 12.1 Å². The SMILES string of the molecule is COc1ccc(OC)c(N2C3=[N+](CCCS3)C[C@@]2(O)c2ccc(Cl)cc2)c1. The summed E-state index contributed by atoms with van der Waals surface area (Å²) < 4.78 is 13.3. The van der Waals surface area contributed by atoms with Gasteiger partial charge >= 0.3 is 5.17 Å². The van der Waals surface area contributed by atoms with Crippen molar-refractivity contribution in [3.05, 3.63) is 53.1 Å². The zero-order valence-electron chi connectivity index (χ0n) is 15.3. The van der Waals surface area contributed by atoms with Crippen LogP contribution in [0, 0.1) is 0 Å². The van der Waals surface area contributed by atoms with E-state index in [2.05, 4.69) is 4.58 Å². The van der Waals surface area contributed by atoms with Crippen molar-refractivity contribution in [2.75, 3.05) is 38.0 Å². The lowest BCUT2D eigenvalue weighted by Crippen LogP contribution is -2.46. The van der Waals surface area contributed by atoms with Crippen LogP contribution in [0.2, 0.25) is 5.02 Å². The van der Waals surface area contributed by atoms with Gasteiger partial charge in [-0.25, -0.2) is 4.58 Å². The number of hydrogen-bond acceptors (Lipinski definition) is 5. The van der Waals surface area contributed by atoms with E-state index in [-0.39, 0.29) is 0 Å². The first kappa shape index (κ1) is 18.5. The predicted molar refractivity (Wildman–Crippen MR) is 109 cm³/mol. The molecule has 2 aromatic rings. The third kappa shape index (κ3) is 3.16. The fourth-order valence-corrected chi connectivity index (χ4v) is 4.96. The van der Waals surface area contributed by atoms with Crippen LogP contribution in [0.5, 0.6) is 11.5 Å². The molecular formula is C20H22ClN2O3S+. The van der Waals surface area contributed by atoms with Crippen molar-refractivity contribution in [3.8, 4) is 11.5 Å². The lowest BCUT2D eigenvalue weighted by atomic mass is 10.0. The lowest BCUT2D eigenvalue weighted by Gasteiger charge is -2.29. The summed E-state index contributed by atoms with van der Waals surface area (Å²) in [5, 5.41) is 13.6. The van der Waals surface area contributed by atoms with Crippen LogP contribution in [0.15, 0.2) is 42.5 Å². The van der Waals surface area contributed by atoms with Gasteiger partial charge in [0.1, 0.15) is 5.75 Å². The van der Waals surface area contributed by atoms with Crippen LogP contribution in [-0.2, 0) is 5.72 Å². The minimum absolute atomic E-state index is 0.483. The van der Waals surface area contributed by atoms with E-state index < -0.39 is 5.72 Å². The second-order valence-corrected chi connectivity index (χ2v) is 8.10. The molecule has 7 heteroatoms. The maximum Gasteiger partial charge on any atom is 0.316 e. The van der Waals surface area contributed by atoms with Gasteiger partial charge in [-0.3, -0.25) is 0 Å². The van der Waals surface area contributed by atoms with Gasteiger partial charge in [-0.05, 0) is 42.4 Å². The number of anilines is 1. The van der Waals surface area contributed by atoms with Gasteiger partial charge in [0.05, 0.1) is 20.8 Å². The van der Waals surface area contributed by atoms with Crippen molar-refractivity contribution < 1.29 is 19.2 Å². The molecule has 0 aromatic heterocycles. The second kappa shape index (κ2) is 7.26. The van der Waals surface area contributed by atoms with Gasteiger partial charge < -0.3 is 14.6 Å². The van der Waals surface area contributed by atoms with Crippen LogP contribution < -0.4 is 14.4 Å². The molecule has 2 aliphatic rings. The van der Waals surface area contributed by atoms with E-state index in [0.717, 1.165) is 35.1 Å². The Hall–Kier alpha value is -1.89. The Morgan fingerprint density at radius 3 is 2.63 bits per heavy atom. The molecule has 1 atom stereocenters. The van der Waals surface area contributed by atoms with Crippen LogP contribution in [0.25, 0.3) is 0 Å². The third-order valence-corrected chi connectivity index (χ3v) is 6.42. The van der Waals surface area contributed by atoms with E-state index in [9.17, 15) is 5.11 Å². The number of benzene rings is 2. The Labute approximate surface area is 168 Å². The van der Waals surface area contributed by atoms with E-state index in [1.54, 1.807) is 26.0 Å². The summed E-state index contributed by atoms with van der Waals surface area (Å²) >= 11 is 7.83. The maximum absolute atomic E-state index is 11.9. The average molecular weight is 406 g/mol. The Morgan fingerprint density at radius 2 is 1.93 bits per heavy atom. The van der Waals surface area contributed by atoms with Crippen molar-refractivity contribution in [3.63, 3.8) is 0 Å². The molecular weight excluding hydrogens is 384 g/mol. The molecule has 0 saturated heterocycles. The number of nitrogens with zero attached hydrogens (tertiary/aromatic N) is 2. The van der Waals surface area contributed by atoms with Crippen molar-refractivity contribution in [2.24, 2.45) is 0 Å². The molecule has 0 aliphatic carbocycles. The predicted octanol–water partition coefficient (Wildman–Crippen LogP) is 3.53. The highest BCUT2D eigenvalue weighted by molar-refractivity contribution is 8.14. The summed E-state index contributed by atoms with van der Waals surface area (Å²) in [6, 6.07) is 13.0. The summed E-state index contributed by atoms with van der Waals surface area (Å²) in [7, 11) is 3.27. The quantitative estimate of drug-likeness (QED) is 0.788. The molecule has 4 rings (SSSR count). The van der Waals surface area contributed by atoms with E-state index in [0.29, 0.717) is 23.1 Å². The molecule has 27 heavy (non-hydrogen) atoms. The first-order valence-corrected chi connectivity index (χ1v) is 10.2. The largest absolute Gasteiger partial charge is 0.497 e. The summed E-state index contributed by atoms with van der Waals surface area (Å²) in [6.07, 6.45) is 1.09. The monoisotopic (exact) mass is 405 g/mol. The first-order valence-electron chi connectivity index (χ1n) is 8.82. The lowest BCUT2D eigenvalue weighted by molar-refractivity contribution is -0.532. The molecule has 0 amide bonds. The normalized spacial score (nSPS) is 22.0. The molecule has 0 radical (unpaired) electrons. The van der Waals surface area contributed by atoms with Crippen molar-refractivity contribution >= 4 is 34.2 Å². The molecule has 2 aromatic carbocycles. The minimum atomic E-state index is -1.23. The van der Waals surface area contributed by atoms with Gasteiger partial charge in [-0.1, -0.05) is 23.7 Å². The summed E-state index contributed by atoms with van der Waals surface area (Å²) in [5.74, 6) is 2.42. The summed E-state index contributed by atoms with van der Waals surface area (Å²) in [6.45, 7) is 1.40. The third-order valence-electron chi connectivity index (χ3n) is 4.98. The van der Waals surface area contributed by atoms with Gasteiger partial charge in [-0.15, -0.1) is 0 Å². The van der Waals surface area contributed by atoms with E-state index in [4.69, 9.17) is 21.1 Å². The van der Waals surface area contributed by atoms with Crippen LogP contribution >= 0.6 is 23.4 Å². The standard InChI is InChI=1S/C20H22ClN2O3S/c1-25-16-8-9-18(26-2)17(12-16)23-19-22(10-3-11-27-19)13-20(23,24)14-4-6-15(21)7-5-14/h4-9,12,24H,3,10-11,13H2,1-2H3/q+1/t20-/m1/s1. The highest BCUT2D eigenvalue weighted by atomic mass is 35.5. The van der Waals surface area contributed by atoms with E-state index in [1.165, 1.54) is 0 Å². The molecule has 5 nitrogen and oxygen atoms in total. The average Bonchev–Trinajstić information content (AvgIpc) is 3.00. The molecule has 2 aliphatic heterocycles. The van der Waals surface area contributed by atoms with E-state index in [1.807, 2.05) is 47.4 Å². The zero-order valence-corrected chi connectivity index (χ0v) is 16.9. The molecule has 2 heterocycles. The van der Waals surface area contributed by atoms with Gasteiger partial charge in [-0.2, -0.15) is 4.90 Å². The molecule has 142 valence electrons. The number of ether oxygens (including phenoxy) is 2. The topological polar surface area (TPSA) is 44.9 Å². The highest BCUT2D eigenvalue weighted by Crippen LogP contribution is 2.44. The smallest absolute Gasteiger partial charge is 0.316 e. The zero-order chi connectivity index (χ0) is 19.0. The van der Waals surface area contributed by atoms with Crippen molar-refractivity contribution in [1.82, 2.24) is 0 Å². The Balaban J connectivity index is 1.90. The minimum Gasteiger partial charge on any atom is -0.497 e. The summed E-state index contributed by atoms with van der Waals surface area (Å²) in [4.78, 5) is 1.97. The van der Waals surface area contributed by atoms with Gasteiger partial charge in [0, 0.05) is 22.4 Å². The second-order valence-electron chi connectivity index (χ2n) is 6.60. The number of hydrogen-bond donors (Lipinski definition) is 1. The summed E-state index contributed by atoms with van der Waals surface area (Å²) in [5.41, 5.74) is 0.345. The van der Waals surface area contributed by atoms with Crippen LogP contribution in [0.3, 0.4) is 0 Å². The van der Waals surface area contributed by atoms with Gasteiger partial charge in [0.2, 0.25) is 0 Å². The van der Waals surface area contributed by atoms with Crippen LogP contribution in [0.1, 0.15) is 12.0 Å². The fraction of sp³-hybridized carbons (Fsp3) is 0.350. The van der Waals surface area contributed by atoms with Crippen LogP contribution in [0.4, 0.5) is 5.69 Å². The molecule has 0 spiro atoms. The number of aliphatic hydroxyl groups is 1. The number of amidine groups is 1. The van der Waals surface area contributed by atoms with Gasteiger partial charge in [0.15, 0.2) is 18.0 Å². The molecule has 1 N–H and O–H groups in total. The fourth-order valence-electron chi connectivity index (χ4n) is 3.66. The first-order chi connectivity index (χ1) is 13.1. The van der Waals surface area contributed by atoms with Gasteiger partial charge in [0.25, 0.3) is 5.72 Å². The number of halogens is 1. The Kier molecular flexibility index (Phi) is 4.97. The number of methoxy groups -OCH3 is 2. The maximum atomic E-state index is 11.9. The number of rotatable bonds is 4. The highest BCUT2D eigenvalue weighted by Gasteiger charge is 2.56. The number of thioether (sulfide) groups is 1. The molecule has 0 fully saturated rings. The molecule has 0 unspecified atom stereocenters. The Bertz CT molecular complexity index is 887. The van der Waals surface area contributed by atoms with E-state index >= 15 is 0 Å². The van der Waals surface area contributed by atoms with Crippen molar-refractivity contribution in [1.29, 1.82) is 0 Å². The molecule has 0 saturated carbocycles.